The molecule has 1 saturated heterocycles. The van der Waals surface area contributed by atoms with E-state index in [9.17, 15) is 22.4 Å². The number of hydrogen-bond donors (Lipinski definition) is 1. The Hall–Kier alpha value is -1.83. The Morgan fingerprint density at radius 1 is 1.22 bits per heavy atom. The summed E-state index contributed by atoms with van der Waals surface area (Å²) in [4.78, 5) is 13.3. The number of rotatable bonds is 1. The third-order valence-corrected chi connectivity index (χ3v) is 3.33. The van der Waals surface area contributed by atoms with Crippen LogP contribution in [0.2, 0.25) is 0 Å². The molecule has 1 amide bonds. The molecule has 128 valence electrons. The third kappa shape index (κ3) is 3.93. The first-order valence-electron chi connectivity index (χ1n) is 7.14. The van der Waals surface area contributed by atoms with Gasteiger partial charge >= 0.3 is 6.09 Å². The highest BCUT2D eigenvalue weighted by Gasteiger charge is 2.31. The van der Waals surface area contributed by atoms with E-state index in [1.165, 1.54) is 4.90 Å². The number of nitrogens with zero attached hydrogens (tertiary/aromatic N) is 1. The molecule has 1 heterocycles. The zero-order chi connectivity index (χ0) is 17.4. The number of nitrogens with one attached hydrogen (secondary N) is 1. The molecular weight excluding hydrogens is 316 g/mol. The van der Waals surface area contributed by atoms with Gasteiger partial charge in [-0.2, -0.15) is 0 Å². The minimum Gasteiger partial charge on any atom is -0.444 e. The first-order chi connectivity index (χ1) is 10.6. The van der Waals surface area contributed by atoms with Crippen LogP contribution in [0.4, 0.5) is 22.4 Å². The molecule has 0 aromatic heterocycles. The van der Waals surface area contributed by atoms with Crippen LogP contribution in [0.1, 0.15) is 32.4 Å². The third-order valence-electron chi connectivity index (χ3n) is 3.33. The molecule has 1 N–H and O–H groups in total. The van der Waals surface area contributed by atoms with E-state index in [1.807, 2.05) is 0 Å². The van der Waals surface area contributed by atoms with Gasteiger partial charge in [-0.15, -0.1) is 0 Å². The summed E-state index contributed by atoms with van der Waals surface area (Å²) in [5.41, 5.74) is -1.06. The second-order valence-corrected chi connectivity index (χ2v) is 6.32. The van der Waals surface area contributed by atoms with Crippen molar-refractivity contribution in [3.8, 4) is 0 Å². The lowest BCUT2D eigenvalue weighted by atomic mass is 10.0. The van der Waals surface area contributed by atoms with E-state index in [4.69, 9.17) is 4.74 Å². The fourth-order valence-corrected chi connectivity index (χ4v) is 2.30. The van der Waals surface area contributed by atoms with Gasteiger partial charge in [-0.25, -0.2) is 22.4 Å². The van der Waals surface area contributed by atoms with Crippen molar-refractivity contribution in [1.82, 2.24) is 10.2 Å². The molecule has 1 aliphatic rings. The average molecular weight is 334 g/mol. The van der Waals surface area contributed by atoms with Gasteiger partial charge in [0.05, 0.1) is 6.04 Å². The van der Waals surface area contributed by atoms with Gasteiger partial charge in [-0.1, -0.05) is 0 Å². The van der Waals surface area contributed by atoms with Crippen molar-refractivity contribution >= 4 is 6.09 Å². The summed E-state index contributed by atoms with van der Waals surface area (Å²) < 4.78 is 58.8. The van der Waals surface area contributed by atoms with Crippen LogP contribution in [-0.2, 0) is 4.74 Å². The van der Waals surface area contributed by atoms with Crippen LogP contribution in [-0.4, -0.2) is 36.2 Å². The second kappa shape index (κ2) is 6.35. The molecule has 8 heteroatoms. The van der Waals surface area contributed by atoms with Gasteiger partial charge in [0.2, 0.25) is 0 Å². The lowest BCUT2D eigenvalue weighted by Gasteiger charge is -2.35. The molecular formula is C15H18F4N2O2. The van der Waals surface area contributed by atoms with Gasteiger partial charge < -0.3 is 15.0 Å². The number of benzene rings is 1. The normalized spacial score (nSPS) is 18.9. The van der Waals surface area contributed by atoms with E-state index >= 15 is 0 Å². The van der Waals surface area contributed by atoms with Gasteiger partial charge in [0.15, 0.2) is 23.3 Å². The Bertz CT molecular complexity index is 616. The largest absolute Gasteiger partial charge is 0.444 e. The van der Waals surface area contributed by atoms with E-state index in [0.717, 1.165) is 0 Å². The molecule has 1 aliphatic heterocycles. The van der Waals surface area contributed by atoms with E-state index in [2.05, 4.69) is 5.32 Å². The first-order valence-corrected chi connectivity index (χ1v) is 7.14. The Balaban J connectivity index is 2.21. The predicted octanol–water partition coefficient (Wildman–Crippen LogP) is 3.12. The quantitative estimate of drug-likeness (QED) is 0.487. The van der Waals surface area contributed by atoms with Crippen LogP contribution in [0.15, 0.2) is 6.07 Å². The van der Waals surface area contributed by atoms with E-state index in [-0.39, 0.29) is 18.7 Å². The predicted molar refractivity (Wildman–Crippen MR) is 74.8 cm³/mol. The summed E-state index contributed by atoms with van der Waals surface area (Å²) in [5.74, 6) is -6.66. The smallest absolute Gasteiger partial charge is 0.410 e. The summed E-state index contributed by atoms with van der Waals surface area (Å²) in [6.45, 7) is 5.65. The molecule has 1 unspecified atom stereocenters. The fraction of sp³-hybridized carbons (Fsp3) is 0.533. The second-order valence-electron chi connectivity index (χ2n) is 6.32. The molecule has 0 saturated carbocycles. The summed E-state index contributed by atoms with van der Waals surface area (Å²) in [7, 11) is 0. The molecule has 0 spiro atoms. The fourth-order valence-electron chi connectivity index (χ4n) is 2.30. The van der Waals surface area contributed by atoms with Crippen LogP contribution in [0.3, 0.4) is 0 Å². The van der Waals surface area contributed by atoms with E-state index < -0.39 is 41.0 Å². The average Bonchev–Trinajstić information content (AvgIpc) is 2.47. The first kappa shape index (κ1) is 17.5. The van der Waals surface area contributed by atoms with Gasteiger partial charge in [-0.05, 0) is 26.8 Å². The summed E-state index contributed by atoms with van der Waals surface area (Å²) >= 11 is 0. The number of carbonyl (C=O) groups is 1. The minimum atomic E-state index is -1.86. The standard InChI is InChI=1S/C15H18F4N2O2/c1-15(2,3)23-14(22)21-5-4-20-10(7-21)8-6-9(16)12(18)13(19)11(8)17/h6,10,20H,4-5,7H2,1-3H3. The molecule has 2 rings (SSSR count). The van der Waals surface area contributed by atoms with Crippen LogP contribution in [0, 0.1) is 23.3 Å². The Kier molecular flexibility index (Phi) is 4.84. The number of amides is 1. The van der Waals surface area contributed by atoms with Crippen molar-refractivity contribution in [2.24, 2.45) is 0 Å². The highest BCUT2D eigenvalue weighted by molar-refractivity contribution is 5.68. The van der Waals surface area contributed by atoms with Gasteiger partial charge in [-0.3, -0.25) is 0 Å². The van der Waals surface area contributed by atoms with E-state index in [0.29, 0.717) is 12.6 Å². The summed E-state index contributed by atoms with van der Waals surface area (Å²) in [6.07, 6.45) is -0.604. The summed E-state index contributed by atoms with van der Waals surface area (Å²) in [5, 5.41) is 2.85. The van der Waals surface area contributed by atoms with Crippen LogP contribution in [0.25, 0.3) is 0 Å². The molecule has 1 atom stereocenters. The Morgan fingerprint density at radius 3 is 2.48 bits per heavy atom. The Labute approximate surface area is 131 Å². The molecule has 1 aromatic rings. The minimum absolute atomic E-state index is 0.0453. The SMILES string of the molecule is CC(C)(C)OC(=O)N1CCNC(c2cc(F)c(F)c(F)c2F)C1. The molecule has 1 aromatic carbocycles. The topological polar surface area (TPSA) is 41.6 Å². The highest BCUT2D eigenvalue weighted by Crippen LogP contribution is 2.26. The maximum atomic E-state index is 13.9. The molecule has 4 nitrogen and oxygen atoms in total. The Morgan fingerprint density at radius 2 is 1.87 bits per heavy atom. The van der Waals surface area contributed by atoms with Crippen molar-refractivity contribution in [3.63, 3.8) is 0 Å². The molecule has 0 bridgehead atoms. The molecule has 0 aliphatic carbocycles. The highest BCUT2D eigenvalue weighted by atomic mass is 19.2. The molecule has 0 radical (unpaired) electrons. The summed E-state index contributed by atoms with van der Waals surface area (Å²) in [6, 6.07) is -0.259. The molecule has 23 heavy (non-hydrogen) atoms. The van der Waals surface area contributed by atoms with Crippen molar-refractivity contribution in [1.29, 1.82) is 0 Å². The van der Waals surface area contributed by atoms with Crippen LogP contribution in [0.5, 0.6) is 0 Å². The zero-order valence-corrected chi connectivity index (χ0v) is 13.1. The number of hydrogen-bond acceptors (Lipinski definition) is 3. The van der Waals surface area contributed by atoms with Crippen LogP contribution >= 0.6 is 0 Å². The lowest BCUT2D eigenvalue weighted by Crippen LogP contribution is -2.50. The maximum Gasteiger partial charge on any atom is 0.410 e. The monoisotopic (exact) mass is 334 g/mol. The van der Waals surface area contributed by atoms with Crippen LogP contribution < -0.4 is 5.32 Å². The zero-order valence-electron chi connectivity index (χ0n) is 13.1. The van der Waals surface area contributed by atoms with Crippen molar-refractivity contribution in [3.05, 3.63) is 34.9 Å². The maximum absolute atomic E-state index is 13.9. The van der Waals surface area contributed by atoms with Crippen molar-refractivity contribution in [2.75, 3.05) is 19.6 Å². The van der Waals surface area contributed by atoms with Gasteiger partial charge in [0, 0.05) is 25.2 Å². The number of carbonyl (C=O) groups excluding carboxylic acids is 1. The number of ether oxygens (including phenoxy) is 1. The van der Waals surface area contributed by atoms with E-state index in [1.54, 1.807) is 20.8 Å². The van der Waals surface area contributed by atoms with Gasteiger partial charge in [0.25, 0.3) is 0 Å². The van der Waals surface area contributed by atoms with Gasteiger partial charge in [0.1, 0.15) is 5.60 Å². The number of piperazine rings is 1. The lowest BCUT2D eigenvalue weighted by molar-refractivity contribution is 0.0193. The van der Waals surface area contributed by atoms with Crippen molar-refractivity contribution < 1.29 is 27.1 Å². The number of halogens is 4. The molecule has 1 fully saturated rings. The van der Waals surface area contributed by atoms with Crippen molar-refractivity contribution in [2.45, 2.75) is 32.4 Å².